The zero-order valence-corrected chi connectivity index (χ0v) is 11.9. The molecule has 1 atom stereocenters. The molecule has 1 aromatic heterocycles. The number of thiazole rings is 1. The van der Waals surface area contributed by atoms with Crippen LogP contribution in [0.4, 0.5) is 13.2 Å². The van der Waals surface area contributed by atoms with Crippen molar-refractivity contribution >= 4 is 17.8 Å². The lowest BCUT2D eigenvalue weighted by Gasteiger charge is -2.12. The van der Waals surface area contributed by atoms with Crippen molar-refractivity contribution in [3.63, 3.8) is 0 Å². The Labute approximate surface area is 123 Å². The molecule has 0 aliphatic carbocycles. The molecular formula is C14H12F3NO2S. The summed E-state index contributed by atoms with van der Waals surface area (Å²) in [5, 5.41) is 0. The van der Waals surface area contributed by atoms with E-state index in [1.165, 1.54) is 17.4 Å². The number of alkyl halides is 3. The van der Waals surface area contributed by atoms with Crippen molar-refractivity contribution in [2.45, 2.75) is 19.0 Å². The van der Waals surface area contributed by atoms with Gasteiger partial charge in [0.1, 0.15) is 0 Å². The average molecular weight is 315 g/mol. The highest BCUT2D eigenvalue weighted by atomic mass is 32.1. The molecule has 3 nitrogen and oxygen atoms in total. The Balaban J connectivity index is 2.35. The predicted octanol–water partition coefficient (Wildman–Crippen LogP) is 4.11. The molecule has 2 rings (SSSR count). The fourth-order valence-electron chi connectivity index (χ4n) is 1.92. The highest BCUT2D eigenvalue weighted by molar-refractivity contribution is 7.10. The fraction of sp³-hybridized carbons (Fsp3) is 0.286. The van der Waals surface area contributed by atoms with Gasteiger partial charge in [-0.2, -0.15) is 13.2 Å². The van der Waals surface area contributed by atoms with Crippen molar-refractivity contribution in [1.29, 1.82) is 0 Å². The highest BCUT2D eigenvalue weighted by Crippen LogP contribution is 2.35. The summed E-state index contributed by atoms with van der Waals surface area (Å²) in [6.07, 6.45) is -4.39. The third-order valence-electron chi connectivity index (χ3n) is 2.92. The predicted molar refractivity (Wildman–Crippen MR) is 73.0 cm³/mol. The summed E-state index contributed by atoms with van der Waals surface area (Å²) < 4.78 is 43.0. The van der Waals surface area contributed by atoms with Crippen molar-refractivity contribution in [1.82, 2.24) is 4.98 Å². The maximum Gasteiger partial charge on any atom is 0.416 e. The summed E-state index contributed by atoms with van der Waals surface area (Å²) in [5.41, 5.74) is 1.75. The van der Waals surface area contributed by atoms with Crippen LogP contribution in [-0.4, -0.2) is 18.1 Å². The van der Waals surface area contributed by atoms with Crippen LogP contribution >= 0.6 is 11.3 Å². The van der Waals surface area contributed by atoms with Gasteiger partial charge < -0.3 is 4.74 Å². The van der Waals surface area contributed by atoms with Crippen LogP contribution in [0.3, 0.4) is 0 Å². The Bertz CT molecular complexity index is 625. The summed E-state index contributed by atoms with van der Waals surface area (Å²) in [6.45, 7) is 2.34. The number of hydrogen-bond acceptors (Lipinski definition) is 4. The maximum absolute atomic E-state index is 12.8. The van der Waals surface area contributed by atoms with E-state index in [4.69, 9.17) is 4.74 Å². The number of nitrogens with zero attached hydrogens (tertiary/aromatic N) is 1. The topological polar surface area (TPSA) is 39.2 Å². The molecule has 112 valence electrons. The first-order valence-corrected chi connectivity index (χ1v) is 6.97. The van der Waals surface area contributed by atoms with Crippen LogP contribution in [0.5, 0.6) is 0 Å². The molecule has 0 amide bonds. The van der Waals surface area contributed by atoms with Crippen LogP contribution in [0.25, 0.3) is 11.3 Å². The largest absolute Gasteiger partial charge is 0.467 e. The van der Waals surface area contributed by atoms with Crippen molar-refractivity contribution in [2.75, 3.05) is 6.61 Å². The monoisotopic (exact) mass is 315 g/mol. The highest BCUT2D eigenvalue weighted by Gasteiger charge is 2.30. The summed E-state index contributed by atoms with van der Waals surface area (Å²) in [7, 11) is 0. The molecule has 1 aromatic carbocycles. The zero-order chi connectivity index (χ0) is 15.5. The molecule has 0 aliphatic rings. The van der Waals surface area contributed by atoms with Gasteiger partial charge in [-0.05, 0) is 12.1 Å². The summed E-state index contributed by atoms with van der Waals surface area (Å²) in [5.74, 6) is -0.132. The number of aromatic nitrogens is 1. The number of ether oxygens (including phenoxy) is 1. The Kier molecular flexibility index (Phi) is 4.62. The van der Waals surface area contributed by atoms with Crippen molar-refractivity contribution in [3.05, 3.63) is 40.2 Å². The number of carbonyl (C=O) groups is 1. The minimum atomic E-state index is -4.39. The van der Waals surface area contributed by atoms with E-state index in [0.29, 0.717) is 17.7 Å². The van der Waals surface area contributed by atoms with Gasteiger partial charge in [0.05, 0.1) is 23.4 Å². The number of benzene rings is 1. The van der Waals surface area contributed by atoms with Gasteiger partial charge in [-0.3, -0.25) is 4.79 Å². The van der Waals surface area contributed by atoms with Crippen molar-refractivity contribution in [2.24, 2.45) is 0 Å². The molecule has 0 fully saturated rings. The van der Waals surface area contributed by atoms with Gasteiger partial charge >= 0.3 is 6.18 Å². The summed E-state index contributed by atoms with van der Waals surface area (Å²) in [6, 6.07) is 5.04. The molecular weight excluding hydrogens is 303 g/mol. The second kappa shape index (κ2) is 6.26. The minimum Gasteiger partial charge on any atom is -0.467 e. The van der Waals surface area contributed by atoms with E-state index in [1.807, 2.05) is 6.92 Å². The van der Waals surface area contributed by atoms with Gasteiger partial charge in [-0.25, -0.2) is 4.98 Å². The minimum absolute atomic E-state index is 0.132. The van der Waals surface area contributed by atoms with Gasteiger partial charge in [0.2, 0.25) is 0 Å². The van der Waals surface area contributed by atoms with Crippen LogP contribution in [0, 0.1) is 0 Å². The van der Waals surface area contributed by atoms with Gasteiger partial charge in [0.15, 0.2) is 0 Å². The van der Waals surface area contributed by atoms with Crippen molar-refractivity contribution in [3.8, 4) is 11.3 Å². The number of rotatable bonds is 5. The molecule has 0 aliphatic heterocycles. The van der Waals surface area contributed by atoms with Crippen LogP contribution in [0.2, 0.25) is 0 Å². The SMILES string of the molecule is CC(COC=O)c1scnc1-c1cccc(C(F)(F)F)c1. The Hall–Kier alpha value is -1.89. The molecule has 0 saturated heterocycles. The van der Waals surface area contributed by atoms with Crippen LogP contribution < -0.4 is 0 Å². The Morgan fingerprint density at radius 1 is 1.43 bits per heavy atom. The van der Waals surface area contributed by atoms with E-state index in [-0.39, 0.29) is 12.5 Å². The lowest BCUT2D eigenvalue weighted by atomic mass is 10.0. The van der Waals surface area contributed by atoms with E-state index in [1.54, 1.807) is 11.6 Å². The zero-order valence-electron chi connectivity index (χ0n) is 11.1. The average Bonchev–Trinajstić information content (AvgIpc) is 2.93. The lowest BCUT2D eigenvalue weighted by molar-refractivity contribution is -0.137. The van der Waals surface area contributed by atoms with Gasteiger partial charge in [0.25, 0.3) is 6.47 Å². The standard InChI is InChI=1S/C14H12F3NO2S/c1-9(6-20-8-19)13-12(18-7-21-13)10-3-2-4-11(5-10)14(15,16)17/h2-5,7-9H,6H2,1H3. The third-order valence-corrected chi connectivity index (χ3v) is 3.98. The number of hydrogen-bond donors (Lipinski definition) is 0. The van der Waals surface area contributed by atoms with E-state index >= 15 is 0 Å². The summed E-state index contributed by atoms with van der Waals surface area (Å²) >= 11 is 1.33. The molecule has 2 aromatic rings. The third kappa shape index (κ3) is 3.60. The second-order valence-electron chi connectivity index (χ2n) is 4.47. The molecule has 1 unspecified atom stereocenters. The molecule has 7 heteroatoms. The van der Waals surface area contributed by atoms with E-state index < -0.39 is 11.7 Å². The maximum atomic E-state index is 12.8. The van der Waals surface area contributed by atoms with Crippen LogP contribution in [0.15, 0.2) is 29.8 Å². The fourth-order valence-corrected chi connectivity index (χ4v) is 2.78. The second-order valence-corrected chi connectivity index (χ2v) is 5.36. The van der Waals surface area contributed by atoms with Gasteiger partial charge in [-0.1, -0.05) is 19.1 Å². The molecule has 0 bridgehead atoms. The Morgan fingerprint density at radius 2 is 2.19 bits per heavy atom. The van der Waals surface area contributed by atoms with Crippen LogP contribution in [-0.2, 0) is 15.7 Å². The Morgan fingerprint density at radius 3 is 2.86 bits per heavy atom. The number of carbonyl (C=O) groups excluding carboxylic acids is 1. The van der Waals surface area contributed by atoms with E-state index in [2.05, 4.69) is 4.98 Å². The van der Waals surface area contributed by atoms with Gasteiger partial charge in [0, 0.05) is 16.4 Å². The molecule has 21 heavy (non-hydrogen) atoms. The molecule has 1 heterocycles. The van der Waals surface area contributed by atoms with Crippen LogP contribution in [0.1, 0.15) is 23.3 Å². The first-order chi connectivity index (χ1) is 9.93. The van der Waals surface area contributed by atoms with Crippen molar-refractivity contribution < 1.29 is 22.7 Å². The molecule has 0 saturated carbocycles. The molecule has 0 spiro atoms. The first-order valence-electron chi connectivity index (χ1n) is 6.09. The van der Waals surface area contributed by atoms with E-state index in [0.717, 1.165) is 17.0 Å². The quantitative estimate of drug-likeness (QED) is 0.780. The summed E-state index contributed by atoms with van der Waals surface area (Å²) in [4.78, 5) is 15.2. The van der Waals surface area contributed by atoms with E-state index in [9.17, 15) is 18.0 Å². The molecule has 0 N–H and O–H groups in total. The lowest BCUT2D eigenvalue weighted by Crippen LogP contribution is -2.05. The number of halogens is 3. The normalized spacial score (nSPS) is 13.0. The smallest absolute Gasteiger partial charge is 0.416 e. The molecule has 0 radical (unpaired) electrons. The van der Waals surface area contributed by atoms with Gasteiger partial charge in [-0.15, -0.1) is 11.3 Å². The first kappa shape index (κ1) is 15.5.